The topological polar surface area (TPSA) is 66.8 Å². The summed E-state index contributed by atoms with van der Waals surface area (Å²) < 4.78 is 5.40. The molecule has 1 rings (SSSR count). The quantitative estimate of drug-likeness (QED) is 0.729. The van der Waals surface area contributed by atoms with E-state index in [4.69, 9.17) is 9.84 Å². The summed E-state index contributed by atoms with van der Waals surface area (Å²) >= 11 is 0. The van der Waals surface area contributed by atoms with Gasteiger partial charge in [0.1, 0.15) is 6.54 Å². The minimum absolute atomic E-state index is 0.0950. The lowest BCUT2D eigenvalue weighted by Gasteiger charge is -2.35. The SMILES string of the molecule is CCOC1CC(CC(=O)N(C)CC(=O)O)C1. The zero-order valence-corrected chi connectivity index (χ0v) is 9.81. The van der Waals surface area contributed by atoms with Gasteiger partial charge in [0.15, 0.2) is 0 Å². The van der Waals surface area contributed by atoms with Gasteiger partial charge in [-0.3, -0.25) is 9.59 Å². The molecule has 1 aliphatic rings. The van der Waals surface area contributed by atoms with Crippen LogP contribution in [-0.2, 0) is 14.3 Å². The van der Waals surface area contributed by atoms with Gasteiger partial charge >= 0.3 is 5.97 Å². The van der Waals surface area contributed by atoms with E-state index in [1.165, 1.54) is 11.9 Å². The van der Waals surface area contributed by atoms with Gasteiger partial charge < -0.3 is 14.7 Å². The van der Waals surface area contributed by atoms with Crippen molar-refractivity contribution in [2.75, 3.05) is 20.2 Å². The molecule has 1 amide bonds. The van der Waals surface area contributed by atoms with Crippen molar-refractivity contribution in [3.05, 3.63) is 0 Å². The van der Waals surface area contributed by atoms with E-state index >= 15 is 0 Å². The van der Waals surface area contributed by atoms with Crippen molar-refractivity contribution >= 4 is 11.9 Å². The van der Waals surface area contributed by atoms with Crippen molar-refractivity contribution in [1.82, 2.24) is 4.90 Å². The van der Waals surface area contributed by atoms with Crippen molar-refractivity contribution in [2.24, 2.45) is 5.92 Å². The molecular formula is C11H19NO4. The van der Waals surface area contributed by atoms with Crippen LogP contribution in [0, 0.1) is 5.92 Å². The van der Waals surface area contributed by atoms with Crippen LogP contribution in [0.3, 0.4) is 0 Å². The van der Waals surface area contributed by atoms with E-state index in [-0.39, 0.29) is 12.5 Å². The molecule has 1 fully saturated rings. The lowest BCUT2D eigenvalue weighted by Crippen LogP contribution is -2.38. The van der Waals surface area contributed by atoms with Crippen LogP contribution in [0.25, 0.3) is 0 Å². The first-order chi connectivity index (χ1) is 7.52. The van der Waals surface area contributed by atoms with Gasteiger partial charge in [-0.25, -0.2) is 0 Å². The highest BCUT2D eigenvalue weighted by Crippen LogP contribution is 2.32. The maximum Gasteiger partial charge on any atom is 0.323 e. The van der Waals surface area contributed by atoms with Crippen molar-refractivity contribution in [3.63, 3.8) is 0 Å². The maximum atomic E-state index is 11.6. The average Bonchev–Trinajstić information content (AvgIpc) is 2.13. The van der Waals surface area contributed by atoms with Gasteiger partial charge in [-0.15, -0.1) is 0 Å². The van der Waals surface area contributed by atoms with Crippen LogP contribution in [0.4, 0.5) is 0 Å². The second-order valence-electron chi connectivity index (χ2n) is 4.26. The van der Waals surface area contributed by atoms with Crippen LogP contribution in [0.2, 0.25) is 0 Å². The van der Waals surface area contributed by atoms with E-state index in [1.54, 1.807) is 0 Å². The predicted octanol–water partition coefficient (Wildman–Crippen LogP) is 0.735. The number of likely N-dealkylation sites (N-methyl/N-ethyl adjacent to an activating group) is 1. The molecule has 0 heterocycles. The number of carbonyl (C=O) groups is 2. The first kappa shape index (κ1) is 13.0. The van der Waals surface area contributed by atoms with Crippen LogP contribution in [0.1, 0.15) is 26.2 Å². The van der Waals surface area contributed by atoms with Crippen LogP contribution in [0.15, 0.2) is 0 Å². The summed E-state index contributed by atoms with van der Waals surface area (Å²) in [4.78, 5) is 23.2. The highest BCUT2D eigenvalue weighted by molar-refractivity contribution is 5.81. The largest absolute Gasteiger partial charge is 0.480 e. The van der Waals surface area contributed by atoms with Gasteiger partial charge in [-0.1, -0.05) is 0 Å². The van der Waals surface area contributed by atoms with Gasteiger partial charge in [0.05, 0.1) is 6.10 Å². The van der Waals surface area contributed by atoms with E-state index in [1.807, 2.05) is 6.92 Å². The Bertz CT molecular complexity index is 261. The van der Waals surface area contributed by atoms with E-state index in [0.29, 0.717) is 25.0 Å². The Kier molecular flexibility index (Phi) is 4.73. The molecule has 0 radical (unpaired) electrons. The Morgan fingerprint density at radius 2 is 2.06 bits per heavy atom. The van der Waals surface area contributed by atoms with Crippen molar-refractivity contribution in [1.29, 1.82) is 0 Å². The third-order valence-corrected chi connectivity index (χ3v) is 2.86. The number of carboxylic acid groups (broad SMARTS) is 1. The first-order valence-corrected chi connectivity index (χ1v) is 5.60. The maximum absolute atomic E-state index is 11.6. The Balaban J connectivity index is 2.18. The van der Waals surface area contributed by atoms with Crippen molar-refractivity contribution in [3.8, 4) is 0 Å². The van der Waals surface area contributed by atoms with Gasteiger partial charge in [0.25, 0.3) is 0 Å². The molecule has 0 spiro atoms. The smallest absolute Gasteiger partial charge is 0.323 e. The Morgan fingerprint density at radius 1 is 1.44 bits per heavy atom. The lowest BCUT2D eigenvalue weighted by molar-refractivity contribution is -0.144. The summed E-state index contributed by atoms with van der Waals surface area (Å²) in [7, 11) is 1.52. The summed E-state index contributed by atoms with van der Waals surface area (Å²) in [5.74, 6) is -0.709. The van der Waals surface area contributed by atoms with Crippen molar-refractivity contribution < 1.29 is 19.4 Å². The first-order valence-electron chi connectivity index (χ1n) is 5.60. The number of hydrogen-bond donors (Lipinski definition) is 1. The van der Waals surface area contributed by atoms with Gasteiger partial charge in [0, 0.05) is 20.1 Å². The van der Waals surface area contributed by atoms with Crippen LogP contribution in [0.5, 0.6) is 0 Å². The summed E-state index contributed by atoms with van der Waals surface area (Å²) in [5.41, 5.74) is 0. The Morgan fingerprint density at radius 3 is 2.56 bits per heavy atom. The molecule has 0 bridgehead atoms. The second-order valence-corrected chi connectivity index (χ2v) is 4.26. The normalized spacial score (nSPS) is 23.6. The third kappa shape index (κ3) is 3.81. The molecule has 1 aliphatic carbocycles. The monoisotopic (exact) mass is 229 g/mol. The molecule has 5 heteroatoms. The number of carboxylic acids is 1. The summed E-state index contributed by atoms with van der Waals surface area (Å²) in [6.07, 6.45) is 2.57. The number of carbonyl (C=O) groups excluding carboxylic acids is 1. The highest BCUT2D eigenvalue weighted by atomic mass is 16.5. The molecule has 1 saturated carbocycles. The fourth-order valence-electron chi connectivity index (χ4n) is 1.91. The molecule has 0 atom stereocenters. The zero-order chi connectivity index (χ0) is 12.1. The molecule has 0 saturated heterocycles. The minimum Gasteiger partial charge on any atom is -0.480 e. The molecule has 5 nitrogen and oxygen atoms in total. The molecule has 0 aliphatic heterocycles. The number of amides is 1. The van der Waals surface area contributed by atoms with E-state index in [2.05, 4.69) is 0 Å². The standard InChI is InChI=1S/C11H19NO4/c1-3-16-9-4-8(5-9)6-10(13)12(2)7-11(14)15/h8-9H,3-7H2,1-2H3,(H,14,15). The summed E-state index contributed by atoms with van der Waals surface area (Å²) in [6.45, 7) is 2.45. The van der Waals surface area contributed by atoms with Gasteiger partial charge in [-0.05, 0) is 25.7 Å². The molecule has 16 heavy (non-hydrogen) atoms. The fraction of sp³-hybridized carbons (Fsp3) is 0.818. The van der Waals surface area contributed by atoms with E-state index in [9.17, 15) is 9.59 Å². The minimum atomic E-state index is -0.975. The number of nitrogens with zero attached hydrogens (tertiary/aromatic N) is 1. The number of ether oxygens (including phenoxy) is 1. The third-order valence-electron chi connectivity index (χ3n) is 2.86. The molecule has 0 unspecified atom stereocenters. The average molecular weight is 229 g/mol. The van der Waals surface area contributed by atoms with Gasteiger partial charge in [-0.2, -0.15) is 0 Å². The summed E-state index contributed by atoms with van der Waals surface area (Å²) in [5, 5.41) is 8.54. The number of rotatable bonds is 6. The van der Waals surface area contributed by atoms with Crippen LogP contribution >= 0.6 is 0 Å². The molecule has 0 aromatic heterocycles. The highest BCUT2D eigenvalue weighted by Gasteiger charge is 2.31. The molecule has 92 valence electrons. The number of hydrogen-bond acceptors (Lipinski definition) is 3. The molecular weight excluding hydrogens is 210 g/mol. The van der Waals surface area contributed by atoms with Crippen LogP contribution < -0.4 is 0 Å². The lowest BCUT2D eigenvalue weighted by atomic mass is 9.80. The van der Waals surface area contributed by atoms with E-state index < -0.39 is 5.97 Å². The Hall–Kier alpha value is -1.10. The van der Waals surface area contributed by atoms with E-state index in [0.717, 1.165) is 12.8 Å². The molecule has 0 aromatic carbocycles. The Labute approximate surface area is 95.4 Å². The zero-order valence-electron chi connectivity index (χ0n) is 9.81. The predicted molar refractivity (Wildman–Crippen MR) is 58.0 cm³/mol. The number of aliphatic carboxylic acids is 1. The summed E-state index contributed by atoms with van der Waals surface area (Å²) in [6, 6.07) is 0. The van der Waals surface area contributed by atoms with Crippen molar-refractivity contribution in [2.45, 2.75) is 32.3 Å². The molecule has 0 aromatic rings. The second kappa shape index (κ2) is 5.84. The van der Waals surface area contributed by atoms with Gasteiger partial charge in [0.2, 0.25) is 5.91 Å². The fourth-order valence-corrected chi connectivity index (χ4v) is 1.91. The molecule has 1 N–H and O–H groups in total. The van der Waals surface area contributed by atoms with Crippen LogP contribution in [-0.4, -0.2) is 48.2 Å².